The molecule has 4 heteroatoms. The number of hydrogen-bond donors (Lipinski definition) is 0. The number of ether oxygens (including phenoxy) is 2. The number of alkyl halides is 1. The van der Waals surface area contributed by atoms with E-state index in [4.69, 9.17) is 9.47 Å². The van der Waals surface area contributed by atoms with Crippen LogP contribution in [0.4, 0.5) is 0 Å². The van der Waals surface area contributed by atoms with E-state index in [1.807, 2.05) is 0 Å². The molecule has 0 amide bonds. The van der Waals surface area contributed by atoms with Crippen LogP contribution in [0, 0.1) is 17.8 Å². The highest BCUT2D eigenvalue weighted by molar-refractivity contribution is 9.09. The van der Waals surface area contributed by atoms with Crippen LogP contribution in [0.1, 0.15) is 38.5 Å². The Hall–Kier alpha value is 0.0700. The van der Waals surface area contributed by atoms with Crippen LogP contribution in [0.2, 0.25) is 0 Å². The van der Waals surface area contributed by atoms with Crippen molar-refractivity contribution in [3.8, 4) is 0 Å². The van der Waals surface area contributed by atoms with Crippen molar-refractivity contribution < 1.29 is 14.3 Å². The molecule has 0 spiro atoms. The number of carbonyl (C=O) groups is 1. The molecule has 3 nitrogen and oxygen atoms in total. The average Bonchev–Trinajstić information content (AvgIpc) is 2.80. The lowest BCUT2D eigenvalue weighted by Gasteiger charge is -2.23. The first-order valence-electron chi connectivity index (χ1n) is 6.95. The normalized spacial score (nSPS) is 33.4. The van der Waals surface area contributed by atoms with Gasteiger partial charge in [-0.2, -0.15) is 0 Å². The van der Waals surface area contributed by atoms with Gasteiger partial charge in [-0.1, -0.05) is 15.9 Å². The van der Waals surface area contributed by atoms with Crippen LogP contribution >= 0.6 is 15.9 Å². The van der Waals surface area contributed by atoms with Gasteiger partial charge in [0, 0.05) is 24.8 Å². The molecular formula is C14H23BrO3. The number of halogens is 1. The summed E-state index contributed by atoms with van der Waals surface area (Å²) >= 11 is 3.49. The van der Waals surface area contributed by atoms with Gasteiger partial charge in [-0.25, -0.2) is 0 Å². The Morgan fingerprint density at radius 3 is 2.94 bits per heavy atom. The lowest BCUT2D eigenvalue weighted by Crippen LogP contribution is -2.25. The van der Waals surface area contributed by atoms with Crippen molar-refractivity contribution >= 4 is 21.7 Å². The van der Waals surface area contributed by atoms with E-state index in [1.54, 1.807) is 7.11 Å². The lowest BCUT2D eigenvalue weighted by atomic mass is 9.81. The van der Waals surface area contributed by atoms with Gasteiger partial charge in [-0.05, 0) is 43.9 Å². The topological polar surface area (TPSA) is 35.5 Å². The third-order valence-corrected chi connectivity index (χ3v) is 4.92. The monoisotopic (exact) mass is 318 g/mol. The molecule has 1 unspecified atom stereocenters. The van der Waals surface area contributed by atoms with Gasteiger partial charge < -0.3 is 9.47 Å². The smallest absolute Gasteiger partial charge is 0.146 e. The van der Waals surface area contributed by atoms with Crippen LogP contribution in [0.3, 0.4) is 0 Å². The number of hydrogen-bond acceptors (Lipinski definition) is 3. The van der Waals surface area contributed by atoms with Crippen LogP contribution in [-0.2, 0) is 14.3 Å². The second-order valence-electron chi connectivity index (χ2n) is 5.55. The van der Waals surface area contributed by atoms with Crippen LogP contribution in [0.25, 0.3) is 0 Å². The minimum atomic E-state index is 0.239. The summed E-state index contributed by atoms with van der Waals surface area (Å²) in [6.07, 6.45) is 6.57. The zero-order valence-corrected chi connectivity index (χ0v) is 12.7. The summed E-state index contributed by atoms with van der Waals surface area (Å²) < 4.78 is 10.8. The molecule has 0 aromatic rings. The summed E-state index contributed by atoms with van der Waals surface area (Å²) in [5, 5.41) is 0.946. The van der Waals surface area contributed by atoms with Gasteiger partial charge in [-0.15, -0.1) is 0 Å². The summed E-state index contributed by atoms with van der Waals surface area (Å²) in [7, 11) is 1.66. The van der Waals surface area contributed by atoms with Gasteiger partial charge in [0.05, 0.1) is 6.10 Å². The average molecular weight is 319 g/mol. The molecule has 18 heavy (non-hydrogen) atoms. The van der Waals surface area contributed by atoms with E-state index in [0.29, 0.717) is 30.3 Å². The first kappa shape index (κ1) is 14.5. The zero-order chi connectivity index (χ0) is 13.0. The molecule has 2 aliphatic carbocycles. The van der Waals surface area contributed by atoms with E-state index in [-0.39, 0.29) is 6.10 Å². The largest absolute Gasteiger partial charge is 0.359 e. The fourth-order valence-corrected chi connectivity index (χ4v) is 4.08. The van der Waals surface area contributed by atoms with Crippen LogP contribution in [0.5, 0.6) is 0 Å². The minimum absolute atomic E-state index is 0.239. The Labute approximate surface area is 118 Å². The molecule has 2 saturated carbocycles. The van der Waals surface area contributed by atoms with Crippen molar-refractivity contribution in [2.24, 2.45) is 17.8 Å². The van der Waals surface area contributed by atoms with Crippen LogP contribution in [0.15, 0.2) is 0 Å². The summed E-state index contributed by atoms with van der Waals surface area (Å²) in [6, 6.07) is 0. The third-order valence-electron chi connectivity index (χ3n) is 4.46. The number of rotatable bonds is 6. The molecule has 4 atom stereocenters. The molecule has 0 radical (unpaired) electrons. The highest BCUT2D eigenvalue weighted by atomic mass is 79.9. The van der Waals surface area contributed by atoms with Crippen molar-refractivity contribution in [2.45, 2.75) is 44.6 Å². The maximum absolute atomic E-state index is 11.9. The lowest BCUT2D eigenvalue weighted by molar-refractivity contribution is -0.126. The van der Waals surface area contributed by atoms with Crippen molar-refractivity contribution in [3.05, 3.63) is 0 Å². The maximum atomic E-state index is 11.9. The molecule has 0 saturated heterocycles. The van der Waals surface area contributed by atoms with Gasteiger partial charge >= 0.3 is 0 Å². The minimum Gasteiger partial charge on any atom is -0.359 e. The van der Waals surface area contributed by atoms with E-state index in [2.05, 4.69) is 15.9 Å². The molecule has 0 heterocycles. The van der Waals surface area contributed by atoms with Gasteiger partial charge in [0.2, 0.25) is 0 Å². The van der Waals surface area contributed by atoms with E-state index >= 15 is 0 Å². The second kappa shape index (κ2) is 7.01. The van der Waals surface area contributed by atoms with Gasteiger partial charge in [0.15, 0.2) is 0 Å². The standard InChI is InChI=1S/C14H23BrO3/c1-17-9-18-14(5-6-15)11-7-10-3-2-4-13(16)12(10)8-11/h10-12,14H,2-9H2,1H3/t10-,11+,12+,14?/m0/s1. The molecule has 0 aliphatic heterocycles. The molecule has 0 bridgehead atoms. The van der Waals surface area contributed by atoms with Crippen molar-refractivity contribution in [1.82, 2.24) is 0 Å². The number of methoxy groups -OCH3 is 1. The first-order chi connectivity index (χ1) is 8.76. The predicted molar refractivity (Wildman–Crippen MR) is 73.7 cm³/mol. The number of fused-ring (bicyclic) bond motifs is 1. The molecule has 2 rings (SSSR count). The summed E-state index contributed by atoms with van der Waals surface area (Å²) in [5.74, 6) is 1.99. The number of Topliss-reactive ketones (excluding diaryl/α,β-unsaturated/α-hetero) is 1. The molecular weight excluding hydrogens is 296 g/mol. The Balaban J connectivity index is 1.93. The summed E-state index contributed by atoms with van der Waals surface area (Å²) in [6.45, 7) is 0.359. The Bertz CT molecular complexity index is 282. The fourth-order valence-electron chi connectivity index (χ4n) is 3.63. The molecule has 104 valence electrons. The summed E-state index contributed by atoms with van der Waals surface area (Å²) in [5.41, 5.74) is 0. The highest BCUT2D eigenvalue weighted by Crippen LogP contribution is 2.45. The predicted octanol–water partition coefficient (Wildman–Crippen LogP) is 3.16. The number of carbonyl (C=O) groups excluding carboxylic acids is 1. The SMILES string of the molecule is COCOC(CCBr)[C@@H]1C[C@@H]2CCCC(=O)[C@@H]2C1. The van der Waals surface area contributed by atoms with Gasteiger partial charge in [-0.3, -0.25) is 4.79 Å². The van der Waals surface area contributed by atoms with E-state index in [1.165, 1.54) is 6.42 Å². The summed E-state index contributed by atoms with van der Waals surface area (Å²) in [4.78, 5) is 11.9. The highest BCUT2D eigenvalue weighted by Gasteiger charge is 2.42. The molecule has 2 fully saturated rings. The zero-order valence-electron chi connectivity index (χ0n) is 11.1. The fraction of sp³-hybridized carbons (Fsp3) is 0.929. The Kier molecular flexibility index (Phi) is 5.64. The Morgan fingerprint density at radius 1 is 1.44 bits per heavy atom. The quantitative estimate of drug-likeness (QED) is 0.557. The molecule has 0 aromatic carbocycles. The van der Waals surface area contributed by atoms with Crippen LogP contribution in [-0.4, -0.2) is 31.1 Å². The third kappa shape index (κ3) is 3.34. The molecule has 0 N–H and O–H groups in total. The van der Waals surface area contributed by atoms with Crippen molar-refractivity contribution in [1.29, 1.82) is 0 Å². The van der Waals surface area contributed by atoms with E-state index in [9.17, 15) is 4.79 Å². The van der Waals surface area contributed by atoms with Crippen molar-refractivity contribution in [2.75, 3.05) is 19.2 Å². The first-order valence-corrected chi connectivity index (χ1v) is 8.07. The van der Waals surface area contributed by atoms with Crippen molar-refractivity contribution in [3.63, 3.8) is 0 Å². The van der Waals surface area contributed by atoms with Gasteiger partial charge in [0.1, 0.15) is 12.6 Å². The maximum Gasteiger partial charge on any atom is 0.146 e. The Morgan fingerprint density at radius 2 is 2.28 bits per heavy atom. The molecule has 2 aliphatic rings. The van der Waals surface area contributed by atoms with Gasteiger partial charge in [0.25, 0.3) is 0 Å². The van der Waals surface area contributed by atoms with E-state index < -0.39 is 0 Å². The number of ketones is 1. The second-order valence-corrected chi connectivity index (χ2v) is 6.34. The van der Waals surface area contributed by atoms with E-state index in [0.717, 1.165) is 37.4 Å². The molecule has 0 aromatic heterocycles. The van der Waals surface area contributed by atoms with Crippen LogP contribution < -0.4 is 0 Å².